The molecule has 1 unspecified atom stereocenters. The van der Waals surface area contributed by atoms with Crippen LogP contribution in [0.4, 0.5) is 0 Å². The average Bonchev–Trinajstić information content (AvgIpc) is 3.37. The second-order valence-electron chi connectivity index (χ2n) is 7.58. The third kappa shape index (κ3) is 3.97. The third-order valence-corrected chi connectivity index (χ3v) is 7.32. The number of benzene rings is 2. The van der Waals surface area contributed by atoms with E-state index in [0.717, 1.165) is 10.0 Å². The highest BCUT2D eigenvalue weighted by molar-refractivity contribution is 9.10. The van der Waals surface area contributed by atoms with Crippen molar-refractivity contribution in [1.82, 2.24) is 4.57 Å². The van der Waals surface area contributed by atoms with E-state index in [4.69, 9.17) is 25.8 Å². The Hall–Kier alpha value is -2.88. The third-order valence-electron chi connectivity index (χ3n) is 5.48. The lowest BCUT2D eigenvalue weighted by Crippen LogP contribution is -2.39. The highest BCUT2D eigenvalue weighted by atomic mass is 79.9. The van der Waals surface area contributed by atoms with Crippen molar-refractivity contribution >= 4 is 50.9 Å². The molecule has 0 aliphatic carbocycles. The molecule has 1 aromatic heterocycles. The number of esters is 1. The maximum Gasteiger partial charge on any atom is 0.338 e. The summed E-state index contributed by atoms with van der Waals surface area (Å²) in [6, 6.07) is 10.2. The molecule has 0 saturated heterocycles. The molecular formula is C24H18BrClN2O5S. The summed E-state index contributed by atoms with van der Waals surface area (Å²) >= 11 is 11.1. The number of hydrogen-bond donors (Lipinski definition) is 0. The van der Waals surface area contributed by atoms with Gasteiger partial charge in [0.1, 0.15) is 0 Å². The van der Waals surface area contributed by atoms with E-state index in [9.17, 15) is 9.59 Å². The van der Waals surface area contributed by atoms with Crippen LogP contribution in [0.1, 0.15) is 31.0 Å². The summed E-state index contributed by atoms with van der Waals surface area (Å²) < 4.78 is 19.0. The molecule has 2 aromatic carbocycles. The van der Waals surface area contributed by atoms with Gasteiger partial charge in [0.25, 0.3) is 5.56 Å². The molecule has 5 rings (SSSR count). The van der Waals surface area contributed by atoms with Crippen LogP contribution in [-0.4, -0.2) is 23.9 Å². The molecule has 3 aromatic rings. The minimum Gasteiger partial charge on any atom is -0.463 e. The number of carbonyl (C=O) groups is 1. The maximum atomic E-state index is 13.6. The number of thiazole rings is 1. The Morgan fingerprint density at radius 2 is 2.00 bits per heavy atom. The van der Waals surface area contributed by atoms with E-state index >= 15 is 0 Å². The van der Waals surface area contributed by atoms with Crippen LogP contribution < -0.4 is 24.4 Å². The van der Waals surface area contributed by atoms with Crippen LogP contribution in [0.25, 0.3) is 6.08 Å². The molecule has 0 bridgehead atoms. The number of allylic oxidation sites excluding steroid dienone is 1. The van der Waals surface area contributed by atoms with Crippen LogP contribution in [0, 0.1) is 0 Å². The SMILES string of the molecule is CCOC(=O)C1=C(C)N=c2sc(=Cc3cc4c(cc3Cl)OCO4)c(=O)n2C1c1ccc(Br)cc1. The highest BCUT2D eigenvalue weighted by Crippen LogP contribution is 2.37. The monoisotopic (exact) mass is 560 g/mol. The number of fused-ring (bicyclic) bond motifs is 2. The predicted octanol–water partition coefficient (Wildman–Crippen LogP) is 3.94. The minimum absolute atomic E-state index is 0.125. The van der Waals surface area contributed by atoms with Gasteiger partial charge in [0.15, 0.2) is 16.3 Å². The smallest absolute Gasteiger partial charge is 0.338 e. The zero-order valence-corrected chi connectivity index (χ0v) is 21.3. The number of hydrogen-bond acceptors (Lipinski definition) is 7. The molecule has 0 fully saturated rings. The van der Waals surface area contributed by atoms with Gasteiger partial charge in [-0.05, 0) is 49.2 Å². The van der Waals surface area contributed by atoms with Gasteiger partial charge in [0, 0.05) is 10.5 Å². The van der Waals surface area contributed by atoms with E-state index in [1.165, 1.54) is 11.3 Å². The highest BCUT2D eigenvalue weighted by Gasteiger charge is 2.33. The van der Waals surface area contributed by atoms with E-state index in [-0.39, 0.29) is 19.0 Å². The van der Waals surface area contributed by atoms with Crippen molar-refractivity contribution in [2.75, 3.05) is 13.4 Å². The number of carbonyl (C=O) groups excluding carboxylic acids is 1. The Morgan fingerprint density at radius 3 is 2.71 bits per heavy atom. The Balaban J connectivity index is 1.71. The lowest BCUT2D eigenvalue weighted by atomic mass is 9.96. The van der Waals surface area contributed by atoms with Crippen LogP contribution in [0.5, 0.6) is 11.5 Å². The molecule has 2 aliphatic rings. The molecule has 2 aliphatic heterocycles. The maximum absolute atomic E-state index is 13.6. The second kappa shape index (κ2) is 9.05. The first-order chi connectivity index (χ1) is 16.4. The van der Waals surface area contributed by atoms with Crippen LogP contribution >= 0.6 is 38.9 Å². The zero-order chi connectivity index (χ0) is 24.0. The number of aromatic nitrogens is 1. The fraction of sp³-hybridized carbons (Fsp3) is 0.208. The van der Waals surface area contributed by atoms with Gasteiger partial charge < -0.3 is 14.2 Å². The van der Waals surface area contributed by atoms with Gasteiger partial charge in [-0.1, -0.05) is 51.0 Å². The normalized spacial score (nSPS) is 16.9. The molecule has 3 heterocycles. The fourth-order valence-corrected chi connectivity index (χ4v) is 5.45. The van der Waals surface area contributed by atoms with E-state index < -0.39 is 12.0 Å². The number of halogens is 2. The van der Waals surface area contributed by atoms with Crippen LogP contribution in [0.3, 0.4) is 0 Å². The van der Waals surface area contributed by atoms with Gasteiger partial charge in [-0.2, -0.15) is 0 Å². The Labute approximate surface area is 211 Å². The van der Waals surface area contributed by atoms with E-state index in [2.05, 4.69) is 20.9 Å². The Morgan fingerprint density at radius 1 is 1.29 bits per heavy atom. The predicted molar refractivity (Wildman–Crippen MR) is 132 cm³/mol. The van der Waals surface area contributed by atoms with Gasteiger partial charge in [-0.15, -0.1) is 0 Å². The van der Waals surface area contributed by atoms with Crippen molar-refractivity contribution in [3.05, 3.63) is 88.0 Å². The van der Waals surface area contributed by atoms with Crippen molar-refractivity contribution < 1.29 is 19.0 Å². The van der Waals surface area contributed by atoms with E-state index in [1.807, 2.05) is 24.3 Å². The standard InChI is InChI=1S/C24H18BrClN2O5S/c1-3-31-23(30)20-12(2)27-24-28(21(20)13-4-6-15(25)7-5-13)22(29)19(34-24)9-14-8-17-18(10-16(14)26)33-11-32-17/h4-10,21H,3,11H2,1-2H3. The molecule has 174 valence electrons. The molecule has 0 amide bonds. The van der Waals surface area contributed by atoms with Crippen molar-refractivity contribution in [1.29, 1.82) is 0 Å². The molecule has 1 atom stereocenters. The van der Waals surface area contributed by atoms with Crippen molar-refractivity contribution in [2.45, 2.75) is 19.9 Å². The number of rotatable bonds is 4. The average molecular weight is 562 g/mol. The molecule has 0 spiro atoms. The lowest BCUT2D eigenvalue weighted by molar-refractivity contribution is -0.139. The summed E-state index contributed by atoms with van der Waals surface area (Å²) in [5.41, 5.74) is 1.97. The second-order valence-corrected chi connectivity index (χ2v) is 9.91. The molecule has 7 nitrogen and oxygen atoms in total. The number of nitrogens with zero attached hydrogens (tertiary/aromatic N) is 2. The van der Waals surface area contributed by atoms with Crippen LogP contribution in [-0.2, 0) is 9.53 Å². The molecule has 0 saturated carbocycles. The van der Waals surface area contributed by atoms with Crippen molar-refractivity contribution in [3.8, 4) is 11.5 Å². The van der Waals surface area contributed by atoms with Crippen LogP contribution in [0.15, 0.2) is 61.9 Å². The summed E-state index contributed by atoms with van der Waals surface area (Å²) in [6.45, 7) is 3.84. The largest absolute Gasteiger partial charge is 0.463 e. The number of ether oxygens (including phenoxy) is 3. The Kier molecular flexibility index (Phi) is 6.09. The molecule has 0 N–H and O–H groups in total. The van der Waals surface area contributed by atoms with E-state index in [1.54, 1.807) is 36.6 Å². The van der Waals surface area contributed by atoms with Gasteiger partial charge in [-0.3, -0.25) is 9.36 Å². The topological polar surface area (TPSA) is 79.1 Å². The quantitative estimate of drug-likeness (QED) is 0.451. The van der Waals surface area contributed by atoms with E-state index in [0.29, 0.717) is 42.7 Å². The fourth-order valence-electron chi connectivity index (χ4n) is 3.94. The minimum atomic E-state index is -0.669. The molecular weight excluding hydrogens is 544 g/mol. The summed E-state index contributed by atoms with van der Waals surface area (Å²) in [5, 5.41) is 0.433. The van der Waals surface area contributed by atoms with Crippen molar-refractivity contribution in [2.24, 2.45) is 4.99 Å². The van der Waals surface area contributed by atoms with Gasteiger partial charge in [0.2, 0.25) is 6.79 Å². The molecule has 34 heavy (non-hydrogen) atoms. The molecule has 0 radical (unpaired) electrons. The van der Waals surface area contributed by atoms with Crippen molar-refractivity contribution in [3.63, 3.8) is 0 Å². The van der Waals surface area contributed by atoms with Crippen LogP contribution in [0.2, 0.25) is 5.02 Å². The first-order valence-corrected chi connectivity index (χ1v) is 12.4. The summed E-state index contributed by atoms with van der Waals surface area (Å²) in [5.74, 6) is 0.634. The lowest BCUT2D eigenvalue weighted by Gasteiger charge is -2.24. The summed E-state index contributed by atoms with van der Waals surface area (Å²) in [6.07, 6.45) is 1.70. The van der Waals surface area contributed by atoms with Gasteiger partial charge in [0.05, 0.1) is 33.5 Å². The van der Waals surface area contributed by atoms with Gasteiger partial charge >= 0.3 is 5.97 Å². The summed E-state index contributed by atoms with van der Waals surface area (Å²) in [4.78, 5) is 31.6. The zero-order valence-electron chi connectivity index (χ0n) is 18.1. The first kappa shape index (κ1) is 22.9. The summed E-state index contributed by atoms with van der Waals surface area (Å²) in [7, 11) is 0. The molecule has 10 heteroatoms. The first-order valence-electron chi connectivity index (χ1n) is 10.4. The van der Waals surface area contributed by atoms with Gasteiger partial charge in [-0.25, -0.2) is 9.79 Å². The Bertz CT molecular complexity index is 1520.